The Morgan fingerprint density at radius 3 is 3.04 bits per heavy atom. The van der Waals surface area contributed by atoms with Gasteiger partial charge < -0.3 is 10.2 Å². The van der Waals surface area contributed by atoms with Gasteiger partial charge >= 0.3 is 0 Å². The summed E-state index contributed by atoms with van der Waals surface area (Å²) in [6, 6.07) is 7.65. The summed E-state index contributed by atoms with van der Waals surface area (Å²) in [7, 11) is 1.80. The third kappa shape index (κ3) is 3.34. The molecule has 1 aliphatic rings. The van der Waals surface area contributed by atoms with Gasteiger partial charge in [0.25, 0.3) is 5.91 Å². The van der Waals surface area contributed by atoms with E-state index in [1.54, 1.807) is 35.3 Å². The number of aryl methyl sites for hydroxylation is 1. The summed E-state index contributed by atoms with van der Waals surface area (Å²) >= 11 is 7.88. The monoisotopic (exact) mass is 375 g/mol. The number of carbonyl (C=O) groups is 1. The third-order valence-corrected chi connectivity index (χ3v) is 5.72. The molecule has 3 heterocycles. The summed E-state index contributed by atoms with van der Waals surface area (Å²) in [6.45, 7) is 1.68. The second-order valence-electron chi connectivity index (χ2n) is 6.22. The van der Waals surface area contributed by atoms with Crippen molar-refractivity contribution in [1.29, 1.82) is 0 Å². The number of carbonyl (C=O) groups excluding carboxylic acids is 1. The fourth-order valence-corrected chi connectivity index (χ4v) is 4.40. The standard InChI is InChI=1S/C17H18ClN5OS/c1-22-9-7-13(21-22)16(24)19-11-4-3-8-23(10-11)17-20-15-12(18)5-2-6-14(15)25-17/h2,5-7,9,11H,3-4,8,10H2,1H3,(H,19,24). The van der Waals surface area contributed by atoms with Crippen molar-refractivity contribution in [2.75, 3.05) is 18.0 Å². The Bertz CT molecular complexity index is 921. The predicted molar refractivity (Wildman–Crippen MR) is 101 cm³/mol. The Kier molecular flexibility index (Phi) is 4.35. The summed E-state index contributed by atoms with van der Waals surface area (Å²) in [5, 5.41) is 8.88. The highest BCUT2D eigenvalue weighted by Crippen LogP contribution is 2.33. The second-order valence-corrected chi connectivity index (χ2v) is 7.63. The van der Waals surface area contributed by atoms with Crippen LogP contribution in [0.5, 0.6) is 0 Å². The molecule has 1 aromatic carbocycles. The van der Waals surface area contributed by atoms with E-state index in [0.717, 1.165) is 41.3 Å². The quantitative estimate of drug-likeness (QED) is 0.764. The van der Waals surface area contributed by atoms with Crippen molar-refractivity contribution in [3.05, 3.63) is 41.2 Å². The number of thiazole rings is 1. The molecule has 1 atom stereocenters. The molecule has 4 rings (SSSR count). The molecule has 1 amide bonds. The van der Waals surface area contributed by atoms with Gasteiger partial charge in [-0.05, 0) is 31.0 Å². The number of halogens is 1. The highest BCUT2D eigenvalue weighted by Gasteiger charge is 2.24. The van der Waals surface area contributed by atoms with Gasteiger partial charge in [0, 0.05) is 32.4 Å². The normalized spacial score (nSPS) is 17.8. The Hall–Kier alpha value is -2.12. The highest BCUT2D eigenvalue weighted by atomic mass is 35.5. The first kappa shape index (κ1) is 16.4. The zero-order chi connectivity index (χ0) is 17.4. The molecule has 6 nitrogen and oxygen atoms in total. The summed E-state index contributed by atoms with van der Waals surface area (Å²) in [5.41, 5.74) is 1.30. The Morgan fingerprint density at radius 2 is 2.28 bits per heavy atom. The maximum Gasteiger partial charge on any atom is 0.272 e. The molecule has 25 heavy (non-hydrogen) atoms. The molecule has 1 N–H and O–H groups in total. The number of anilines is 1. The van der Waals surface area contributed by atoms with Crippen molar-refractivity contribution in [2.45, 2.75) is 18.9 Å². The van der Waals surface area contributed by atoms with Crippen molar-refractivity contribution in [1.82, 2.24) is 20.1 Å². The Labute approximate surface area is 154 Å². The van der Waals surface area contributed by atoms with Crippen LogP contribution >= 0.6 is 22.9 Å². The molecular weight excluding hydrogens is 358 g/mol. The molecule has 130 valence electrons. The van der Waals surface area contributed by atoms with Gasteiger partial charge in [0.15, 0.2) is 5.13 Å². The maximum absolute atomic E-state index is 12.3. The molecule has 1 aliphatic heterocycles. The zero-order valence-corrected chi connectivity index (χ0v) is 15.3. The van der Waals surface area contributed by atoms with E-state index in [1.807, 2.05) is 18.2 Å². The molecule has 8 heteroatoms. The smallest absolute Gasteiger partial charge is 0.272 e. The lowest BCUT2D eigenvalue weighted by Crippen LogP contribution is -2.47. The highest BCUT2D eigenvalue weighted by molar-refractivity contribution is 7.22. The molecule has 0 spiro atoms. The van der Waals surface area contributed by atoms with Gasteiger partial charge in [-0.15, -0.1) is 0 Å². The average Bonchev–Trinajstić information content (AvgIpc) is 3.22. The zero-order valence-electron chi connectivity index (χ0n) is 13.8. The van der Waals surface area contributed by atoms with Gasteiger partial charge in [0.1, 0.15) is 11.2 Å². The number of nitrogens with one attached hydrogen (secondary N) is 1. The summed E-state index contributed by atoms with van der Waals surface area (Å²) < 4.78 is 2.72. The molecule has 3 aromatic rings. The number of aromatic nitrogens is 3. The average molecular weight is 376 g/mol. The van der Waals surface area contributed by atoms with Gasteiger partial charge in [-0.1, -0.05) is 29.0 Å². The van der Waals surface area contributed by atoms with Gasteiger partial charge in [0.05, 0.1) is 9.72 Å². The van der Waals surface area contributed by atoms with Crippen LogP contribution in [-0.4, -0.2) is 39.8 Å². The van der Waals surface area contributed by atoms with Crippen LogP contribution in [0.4, 0.5) is 5.13 Å². The fourth-order valence-electron chi connectivity index (χ4n) is 3.10. The van der Waals surface area contributed by atoms with E-state index in [4.69, 9.17) is 16.6 Å². The number of para-hydroxylation sites is 1. The molecule has 1 saturated heterocycles. The number of benzene rings is 1. The van der Waals surface area contributed by atoms with E-state index >= 15 is 0 Å². The van der Waals surface area contributed by atoms with Crippen molar-refractivity contribution < 1.29 is 4.79 Å². The molecular formula is C17H18ClN5OS. The molecule has 0 aliphatic carbocycles. The van der Waals surface area contributed by atoms with E-state index in [1.165, 1.54) is 0 Å². The van der Waals surface area contributed by atoms with Gasteiger partial charge in [0.2, 0.25) is 0 Å². The number of hydrogen-bond donors (Lipinski definition) is 1. The first-order valence-corrected chi connectivity index (χ1v) is 9.40. The van der Waals surface area contributed by atoms with Gasteiger partial charge in [-0.25, -0.2) is 4.98 Å². The second kappa shape index (κ2) is 6.65. The van der Waals surface area contributed by atoms with Crippen molar-refractivity contribution in [3.63, 3.8) is 0 Å². The van der Waals surface area contributed by atoms with E-state index < -0.39 is 0 Å². The van der Waals surface area contributed by atoms with Crippen LogP contribution in [0.2, 0.25) is 5.02 Å². The van der Waals surface area contributed by atoms with Crippen molar-refractivity contribution in [3.8, 4) is 0 Å². The Morgan fingerprint density at radius 1 is 1.40 bits per heavy atom. The lowest BCUT2D eigenvalue weighted by molar-refractivity contribution is 0.0927. The predicted octanol–water partition coefficient (Wildman–Crippen LogP) is 3.08. The molecule has 1 unspecified atom stereocenters. The molecule has 2 aromatic heterocycles. The van der Waals surface area contributed by atoms with Crippen LogP contribution in [0.1, 0.15) is 23.3 Å². The molecule has 1 fully saturated rings. The molecule has 0 radical (unpaired) electrons. The first-order valence-electron chi connectivity index (χ1n) is 8.20. The third-order valence-electron chi connectivity index (χ3n) is 4.33. The summed E-state index contributed by atoms with van der Waals surface area (Å²) in [5.74, 6) is -0.125. The van der Waals surface area contributed by atoms with E-state index in [0.29, 0.717) is 10.7 Å². The lowest BCUT2D eigenvalue weighted by atomic mass is 10.1. The minimum Gasteiger partial charge on any atom is -0.346 e. The van der Waals surface area contributed by atoms with E-state index in [-0.39, 0.29) is 11.9 Å². The van der Waals surface area contributed by atoms with Crippen LogP contribution < -0.4 is 10.2 Å². The maximum atomic E-state index is 12.3. The largest absolute Gasteiger partial charge is 0.346 e. The summed E-state index contributed by atoms with van der Waals surface area (Å²) in [4.78, 5) is 19.2. The van der Waals surface area contributed by atoms with Crippen molar-refractivity contribution >= 4 is 44.2 Å². The van der Waals surface area contributed by atoms with Crippen LogP contribution in [0.3, 0.4) is 0 Å². The Balaban J connectivity index is 1.48. The number of nitrogens with zero attached hydrogens (tertiary/aromatic N) is 4. The number of amides is 1. The number of fused-ring (bicyclic) bond motifs is 1. The fraction of sp³-hybridized carbons (Fsp3) is 0.353. The number of hydrogen-bond acceptors (Lipinski definition) is 5. The van der Waals surface area contributed by atoms with Crippen LogP contribution in [0, 0.1) is 0 Å². The van der Waals surface area contributed by atoms with E-state index in [2.05, 4.69) is 15.3 Å². The lowest BCUT2D eigenvalue weighted by Gasteiger charge is -2.32. The van der Waals surface area contributed by atoms with Crippen LogP contribution in [0.25, 0.3) is 10.2 Å². The van der Waals surface area contributed by atoms with Gasteiger partial charge in [-0.2, -0.15) is 5.10 Å². The van der Waals surface area contributed by atoms with E-state index in [9.17, 15) is 4.79 Å². The molecule has 0 bridgehead atoms. The van der Waals surface area contributed by atoms with Crippen molar-refractivity contribution in [2.24, 2.45) is 7.05 Å². The summed E-state index contributed by atoms with van der Waals surface area (Å²) in [6.07, 6.45) is 3.74. The van der Waals surface area contributed by atoms with Crippen LogP contribution in [-0.2, 0) is 7.05 Å². The first-order chi connectivity index (χ1) is 12.1. The minimum atomic E-state index is -0.125. The minimum absolute atomic E-state index is 0.0886. The number of rotatable bonds is 3. The number of piperidine rings is 1. The SMILES string of the molecule is Cn1ccc(C(=O)NC2CCCN(c3nc4c(Cl)cccc4s3)C2)n1. The van der Waals surface area contributed by atoms with Crippen LogP contribution in [0.15, 0.2) is 30.5 Å². The topological polar surface area (TPSA) is 63.1 Å². The molecule has 0 saturated carbocycles. The van der Waals surface area contributed by atoms with Gasteiger partial charge in [-0.3, -0.25) is 9.48 Å².